The fourth-order valence-electron chi connectivity index (χ4n) is 0. The second kappa shape index (κ2) is 3.36. The zero-order valence-corrected chi connectivity index (χ0v) is 5.35. The maximum absolute atomic E-state index is 2.77. The first-order chi connectivity index (χ1) is 1.91. The van der Waals surface area contributed by atoms with Crippen LogP contribution >= 0.6 is 0 Å². The van der Waals surface area contributed by atoms with Gasteiger partial charge in [-0.2, -0.15) is 0 Å². The molecule has 0 radical (unpaired) electrons. The van der Waals surface area contributed by atoms with Crippen LogP contribution in [0.3, 0.4) is 0 Å². The molecule has 4 heavy (non-hydrogen) atoms. The van der Waals surface area contributed by atoms with Crippen LogP contribution in [-0.2, 0) is 0 Å². The Morgan fingerprint density at radius 3 is 2.00 bits per heavy atom. The maximum atomic E-state index is 2.77. The van der Waals surface area contributed by atoms with E-state index in [1.807, 2.05) is 6.92 Å². The molecule has 0 rings (SSSR count). The van der Waals surface area contributed by atoms with Crippen molar-refractivity contribution in [3.05, 3.63) is 0 Å². The molecule has 0 saturated carbocycles. The second-order valence-corrected chi connectivity index (χ2v) is 1.09. The summed E-state index contributed by atoms with van der Waals surface area (Å²) in [5.41, 5.74) is 0. The van der Waals surface area contributed by atoms with Crippen molar-refractivity contribution in [3.8, 4) is 9.86 Å². The van der Waals surface area contributed by atoms with Gasteiger partial charge < -0.3 is 0 Å². The van der Waals surface area contributed by atoms with Gasteiger partial charge in [-0.15, -0.1) is 0 Å². The summed E-state index contributed by atoms with van der Waals surface area (Å²) in [5.74, 6) is 2.72. The van der Waals surface area contributed by atoms with Crippen LogP contribution in [0, 0.1) is 9.86 Å². The zero-order valence-electron chi connectivity index (χ0n) is 2.50. The molecule has 0 spiro atoms. The van der Waals surface area contributed by atoms with Gasteiger partial charge in [-0.3, -0.25) is 0 Å². The van der Waals surface area contributed by atoms with Crippen molar-refractivity contribution in [2.45, 2.75) is 6.92 Å². The molecule has 0 amide bonds. The molecule has 0 unspecified atom stereocenters. The van der Waals surface area contributed by atoms with E-state index in [0.29, 0.717) is 0 Å². The molecule has 0 aliphatic carbocycles. The van der Waals surface area contributed by atoms with E-state index in [-0.39, 0.29) is 0 Å². The van der Waals surface area contributed by atoms with E-state index in [2.05, 4.69) is 9.86 Å². The van der Waals surface area contributed by atoms with E-state index in [1.165, 1.54) is 22.5 Å². The number of rotatable bonds is 0. The Balaban J connectivity index is 2.83. The molecule has 0 bridgehead atoms. The zero-order chi connectivity index (χ0) is 3.41. The third-order valence-electron chi connectivity index (χ3n) is 0.125. The molecule has 0 aromatic carbocycles. The first-order valence-corrected chi connectivity index (χ1v) is 2.43. The predicted molar refractivity (Wildman–Crippen MR) is 19.2 cm³/mol. The Morgan fingerprint density at radius 2 is 2.00 bits per heavy atom. The summed E-state index contributed by atoms with van der Waals surface area (Å²) < 4.78 is 2.77. The summed E-state index contributed by atoms with van der Waals surface area (Å²) in [7, 11) is 0. The quantitative estimate of drug-likeness (QED) is 0.347. The Labute approximate surface area is 39.7 Å². The van der Waals surface area contributed by atoms with Crippen LogP contribution < -0.4 is 0 Å². The Morgan fingerprint density at radius 1 is 1.75 bits per heavy atom. The van der Waals surface area contributed by atoms with Crippen LogP contribution in [0.25, 0.3) is 0 Å². The van der Waals surface area contributed by atoms with Crippen LogP contribution in [0.15, 0.2) is 0 Å². The van der Waals surface area contributed by atoms with Crippen LogP contribution in [-0.4, -0.2) is 22.5 Å². The molecule has 1 heteroatoms. The van der Waals surface area contributed by atoms with Crippen LogP contribution in [0.4, 0.5) is 0 Å². The van der Waals surface area contributed by atoms with Crippen molar-refractivity contribution < 1.29 is 0 Å². The molecule has 0 aromatic heterocycles. The SMILES string of the molecule is CC#[C][Sn+3]. The van der Waals surface area contributed by atoms with Crippen LogP contribution in [0.5, 0.6) is 0 Å². The van der Waals surface area contributed by atoms with Gasteiger partial charge in [0.25, 0.3) is 0 Å². The molecule has 0 nitrogen and oxygen atoms in total. The summed E-state index contributed by atoms with van der Waals surface area (Å²) in [6.07, 6.45) is 0. The average molecular weight is 158 g/mol. The molecular weight excluding hydrogens is 155 g/mol. The van der Waals surface area contributed by atoms with E-state index >= 15 is 0 Å². The molecular formula is C3H3Sn+3. The summed E-state index contributed by atoms with van der Waals surface area (Å²) in [6, 6.07) is 0. The third-order valence-corrected chi connectivity index (χ3v) is 0.839. The van der Waals surface area contributed by atoms with E-state index in [4.69, 9.17) is 0 Å². The minimum atomic E-state index is 1.31. The molecule has 0 fully saturated rings. The molecule has 0 aliphatic heterocycles. The molecule has 0 heterocycles. The fraction of sp³-hybridized carbons (Fsp3) is 0.333. The van der Waals surface area contributed by atoms with Gasteiger partial charge in [-0.25, -0.2) is 0 Å². The summed E-state index contributed by atoms with van der Waals surface area (Å²) in [4.78, 5) is 0. The van der Waals surface area contributed by atoms with Gasteiger partial charge in [0.05, 0.1) is 0 Å². The van der Waals surface area contributed by atoms with Gasteiger partial charge in [0.2, 0.25) is 0 Å². The summed E-state index contributed by atoms with van der Waals surface area (Å²) >= 11 is 1.31. The van der Waals surface area contributed by atoms with Crippen molar-refractivity contribution >= 4 is 22.5 Å². The van der Waals surface area contributed by atoms with E-state index < -0.39 is 0 Å². The van der Waals surface area contributed by atoms with E-state index in [1.54, 1.807) is 0 Å². The average Bonchev–Trinajstić information content (AvgIpc) is 1.37. The summed E-state index contributed by atoms with van der Waals surface area (Å²) in [6.45, 7) is 1.84. The molecule has 0 atom stereocenters. The normalized spacial score (nSPS) is 3.75. The van der Waals surface area contributed by atoms with Crippen molar-refractivity contribution in [1.82, 2.24) is 0 Å². The minimum absolute atomic E-state index is 1.31. The topological polar surface area (TPSA) is 0 Å². The standard InChI is InChI=1S/C3H3.Sn/c1-3-2;/h1H3;/q;+3. The van der Waals surface area contributed by atoms with E-state index in [9.17, 15) is 0 Å². The third kappa shape index (κ3) is 2.36. The van der Waals surface area contributed by atoms with Crippen molar-refractivity contribution in [2.24, 2.45) is 0 Å². The first kappa shape index (κ1) is 4.36. The van der Waals surface area contributed by atoms with Gasteiger partial charge in [0.15, 0.2) is 0 Å². The van der Waals surface area contributed by atoms with Gasteiger partial charge in [0, 0.05) is 0 Å². The van der Waals surface area contributed by atoms with Crippen molar-refractivity contribution in [3.63, 3.8) is 0 Å². The van der Waals surface area contributed by atoms with Crippen LogP contribution in [0.1, 0.15) is 6.92 Å². The first-order valence-electron chi connectivity index (χ1n) is 1.00. The molecule has 16 valence electrons. The van der Waals surface area contributed by atoms with Crippen LogP contribution in [0.2, 0.25) is 0 Å². The fourth-order valence-corrected chi connectivity index (χ4v) is 0. The molecule has 0 aromatic rings. The Hall–Kier alpha value is 0.359. The van der Waals surface area contributed by atoms with E-state index in [0.717, 1.165) is 0 Å². The van der Waals surface area contributed by atoms with Gasteiger partial charge in [0.1, 0.15) is 0 Å². The second-order valence-electron chi connectivity index (χ2n) is 0.375. The Kier molecular flexibility index (Phi) is 3.66. The van der Waals surface area contributed by atoms with Crippen molar-refractivity contribution in [2.75, 3.05) is 0 Å². The number of hydrogen-bond acceptors (Lipinski definition) is 0. The summed E-state index contributed by atoms with van der Waals surface area (Å²) in [5, 5.41) is 0. The molecule has 0 aliphatic rings. The molecule has 0 saturated heterocycles. The predicted octanol–water partition coefficient (Wildman–Crippen LogP) is 0.136. The van der Waals surface area contributed by atoms with Gasteiger partial charge in [-0.05, 0) is 0 Å². The molecule has 0 N–H and O–H groups in total. The Bertz CT molecular complexity index is 40.0. The van der Waals surface area contributed by atoms with Crippen molar-refractivity contribution in [1.29, 1.82) is 0 Å². The van der Waals surface area contributed by atoms with Gasteiger partial charge in [-0.1, -0.05) is 0 Å². The number of hydrogen-bond donors (Lipinski definition) is 0. The monoisotopic (exact) mass is 159 g/mol. The van der Waals surface area contributed by atoms with Gasteiger partial charge >= 0.3 is 39.3 Å².